The second-order valence-electron chi connectivity index (χ2n) is 7.22. The molecule has 1 N–H and O–H groups in total. The number of nitrogens with one attached hydrogen (secondary N) is 1. The highest BCUT2D eigenvalue weighted by atomic mass is 16.5. The van der Waals surface area contributed by atoms with Crippen LogP contribution in [0, 0.1) is 13.8 Å². The minimum Gasteiger partial charge on any atom is -0.489 e. The van der Waals surface area contributed by atoms with Gasteiger partial charge < -0.3 is 14.6 Å². The Morgan fingerprint density at radius 1 is 1.11 bits per heavy atom. The van der Waals surface area contributed by atoms with E-state index in [4.69, 9.17) is 9.26 Å². The molecule has 4 rings (SSSR count). The van der Waals surface area contributed by atoms with E-state index >= 15 is 0 Å². The van der Waals surface area contributed by atoms with Gasteiger partial charge in [0.15, 0.2) is 0 Å². The molecule has 0 radical (unpaired) electrons. The molecule has 0 spiro atoms. The number of aromatic nitrogens is 1. The van der Waals surface area contributed by atoms with Crippen molar-refractivity contribution in [2.24, 2.45) is 0 Å². The second kappa shape index (κ2) is 7.89. The van der Waals surface area contributed by atoms with E-state index in [2.05, 4.69) is 16.5 Å². The number of carbonyl (C=O) groups is 1. The summed E-state index contributed by atoms with van der Waals surface area (Å²) in [4.78, 5) is 12.7. The van der Waals surface area contributed by atoms with E-state index in [1.165, 1.54) is 24.0 Å². The Labute approximate surface area is 164 Å². The zero-order valence-corrected chi connectivity index (χ0v) is 16.2. The summed E-state index contributed by atoms with van der Waals surface area (Å²) in [7, 11) is 0. The maximum atomic E-state index is 12.7. The molecule has 5 heteroatoms. The normalized spacial score (nSPS) is 13.1. The lowest BCUT2D eigenvalue weighted by Gasteiger charge is -2.19. The lowest BCUT2D eigenvalue weighted by atomic mass is 9.90. The Morgan fingerprint density at radius 2 is 1.89 bits per heavy atom. The molecule has 1 heterocycles. The zero-order chi connectivity index (χ0) is 19.5. The highest BCUT2D eigenvalue weighted by Crippen LogP contribution is 2.28. The highest BCUT2D eigenvalue weighted by molar-refractivity contribution is 6.04. The second-order valence-corrected chi connectivity index (χ2v) is 7.22. The third-order valence-corrected chi connectivity index (χ3v) is 5.33. The molecule has 1 aromatic heterocycles. The first-order chi connectivity index (χ1) is 13.6. The molecule has 5 nitrogen and oxygen atoms in total. The van der Waals surface area contributed by atoms with Crippen LogP contribution in [0.4, 0.5) is 5.69 Å². The van der Waals surface area contributed by atoms with Crippen LogP contribution in [0.5, 0.6) is 5.75 Å². The summed E-state index contributed by atoms with van der Waals surface area (Å²) in [6.45, 7) is 4.15. The van der Waals surface area contributed by atoms with E-state index in [1.807, 2.05) is 38.1 Å². The van der Waals surface area contributed by atoms with Gasteiger partial charge in [-0.2, -0.15) is 0 Å². The first kappa shape index (κ1) is 18.3. The van der Waals surface area contributed by atoms with E-state index in [0.717, 1.165) is 35.5 Å². The number of amides is 1. The van der Waals surface area contributed by atoms with Gasteiger partial charge in [0.1, 0.15) is 18.1 Å². The average Bonchev–Trinajstić information content (AvgIpc) is 3.04. The summed E-state index contributed by atoms with van der Waals surface area (Å²) in [5, 5.41) is 7.00. The van der Waals surface area contributed by atoms with Crippen LogP contribution in [0.2, 0.25) is 0 Å². The molecule has 1 aliphatic rings. The minimum atomic E-state index is -0.101. The molecule has 2 aromatic carbocycles. The molecule has 1 aliphatic carbocycles. The molecule has 0 saturated carbocycles. The minimum absolute atomic E-state index is 0.101. The number of rotatable bonds is 5. The van der Waals surface area contributed by atoms with Crippen molar-refractivity contribution in [1.29, 1.82) is 0 Å². The fraction of sp³-hybridized carbons (Fsp3) is 0.304. The fourth-order valence-corrected chi connectivity index (χ4v) is 3.66. The van der Waals surface area contributed by atoms with Crippen LogP contribution in [-0.2, 0) is 19.4 Å². The fourth-order valence-electron chi connectivity index (χ4n) is 3.66. The van der Waals surface area contributed by atoms with Gasteiger partial charge in [-0.3, -0.25) is 4.79 Å². The number of carbonyl (C=O) groups excluding carboxylic acids is 1. The Morgan fingerprint density at radius 3 is 2.64 bits per heavy atom. The molecule has 3 aromatic rings. The van der Waals surface area contributed by atoms with Gasteiger partial charge in [-0.25, -0.2) is 0 Å². The van der Waals surface area contributed by atoms with Gasteiger partial charge in [0.25, 0.3) is 5.91 Å². The van der Waals surface area contributed by atoms with Crippen LogP contribution >= 0.6 is 0 Å². The van der Waals surface area contributed by atoms with E-state index in [0.29, 0.717) is 17.9 Å². The SMILES string of the molecule is Cc1noc(C)c1COc1ccc(C(=O)Nc2cccc3c2CCCC3)cc1. The van der Waals surface area contributed by atoms with Crippen molar-refractivity contribution in [1.82, 2.24) is 5.16 Å². The molecule has 0 atom stereocenters. The van der Waals surface area contributed by atoms with Gasteiger partial charge in [-0.15, -0.1) is 0 Å². The van der Waals surface area contributed by atoms with Gasteiger partial charge in [-0.05, 0) is 81.0 Å². The highest BCUT2D eigenvalue weighted by Gasteiger charge is 2.15. The lowest BCUT2D eigenvalue weighted by molar-refractivity contribution is 0.102. The number of benzene rings is 2. The number of fused-ring (bicyclic) bond motifs is 1. The first-order valence-electron chi connectivity index (χ1n) is 9.68. The number of aryl methyl sites for hydroxylation is 3. The van der Waals surface area contributed by atoms with Crippen molar-refractivity contribution in [3.05, 3.63) is 76.2 Å². The maximum absolute atomic E-state index is 12.7. The van der Waals surface area contributed by atoms with Gasteiger partial charge in [0, 0.05) is 11.3 Å². The first-order valence-corrected chi connectivity index (χ1v) is 9.68. The predicted octanol–water partition coefficient (Wildman–Crippen LogP) is 5.00. The molecule has 0 aliphatic heterocycles. The van der Waals surface area contributed by atoms with Crippen LogP contribution in [-0.4, -0.2) is 11.1 Å². The molecule has 0 fully saturated rings. The number of hydrogen-bond acceptors (Lipinski definition) is 4. The Bertz CT molecular complexity index is 970. The van der Waals surface area contributed by atoms with Gasteiger partial charge in [0.05, 0.1) is 11.3 Å². The summed E-state index contributed by atoms with van der Waals surface area (Å²) >= 11 is 0. The number of ether oxygens (including phenoxy) is 1. The number of nitrogens with zero attached hydrogens (tertiary/aromatic N) is 1. The smallest absolute Gasteiger partial charge is 0.255 e. The van der Waals surface area contributed by atoms with Crippen molar-refractivity contribution in [2.45, 2.75) is 46.1 Å². The van der Waals surface area contributed by atoms with E-state index in [9.17, 15) is 4.79 Å². The standard InChI is InChI=1S/C23H24N2O3/c1-15-21(16(2)28-25-15)14-27-19-12-10-18(11-13-19)23(26)24-22-9-5-7-17-6-3-4-8-20(17)22/h5,7,9-13H,3-4,6,8,14H2,1-2H3,(H,24,26). The third-order valence-electron chi connectivity index (χ3n) is 5.33. The topological polar surface area (TPSA) is 64.4 Å². The molecule has 0 unspecified atom stereocenters. The summed E-state index contributed by atoms with van der Waals surface area (Å²) in [5.74, 6) is 1.37. The third kappa shape index (κ3) is 3.79. The predicted molar refractivity (Wildman–Crippen MR) is 108 cm³/mol. The largest absolute Gasteiger partial charge is 0.489 e. The van der Waals surface area contributed by atoms with Crippen molar-refractivity contribution >= 4 is 11.6 Å². The number of hydrogen-bond donors (Lipinski definition) is 1. The average molecular weight is 376 g/mol. The van der Waals surface area contributed by atoms with Crippen LogP contribution in [0.25, 0.3) is 0 Å². The molecule has 0 bridgehead atoms. The summed E-state index contributed by atoms with van der Waals surface area (Å²) in [6, 6.07) is 13.4. The van der Waals surface area contributed by atoms with Crippen LogP contribution in [0.1, 0.15) is 51.3 Å². The van der Waals surface area contributed by atoms with Crippen molar-refractivity contribution < 1.29 is 14.1 Å². The quantitative estimate of drug-likeness (QED) is 0.680. The molecule has 144 valence electrons. The molecule has 1 amide bonds. The van der Waals surface area contributed by atoms with Crippen LogP contribution < -0.4 is 10.1 Å². The Balaban J connectivity index is 1.42. The molecule has 0 saturated heterocycles. The Hall–Kier alpha value is -3.08. The monoisotopic (exact) mass is 376 g/mol. The van der Waals surface area contributed by atoms with E-state index in [-0.39, 0.29) is 5.91 Å². The summed E-state index contributed by atoms with van der Waals surface area (Å²) < 4.78 is 11.0. The number of anilines is 1. The van der Waals surface area contributed by atoms with Gasteiger partial charge in [0.2, 0.25) is 0 Å². The van der Waals surface area contributed by atoms with E-state index < -0.39 is 0 Å². The van der Waals surface area contributed by atoms with Crippen LogP contribution in [0.3, 0.4) is 0 Å². The Kier molecular flexibility index (Phi) is 5.15. The van der Waals surface area contributed by atoms with Gasteiger partial charge >= 0.3 is 0 Å². The molecule has 28 heavy (non-hydrogen) atoms. The van der Waals surface area contributed by atoms with Crippen molar-refractivity contribution in [3.8, 4) is 5.75 Å². The lowest BCUT2D eigenvalue weighted by Crippen LogP contribution is -2.15. The van der Waals surface area contributed by atoms with Crippen molar-refractivity contribution in [3.63, 3.8) is 0 Å². The summed E-state index contributed by atoms with van der Waals surface area (Å²) in [5.41, 5.74) is 5.96. The van der Waals surface area contributed by atoms with E-state index in [1.54, 1.807) is 12.1 Å². The summed E-state index contributed by atoms with van der Waals surface area (Å²) in [6.07, 6.45) is 4.52. The zero-order valence-electron chi connectivity index (χ0n) is 16.2. The van der Waals surface area contributed by atoms with Gasteiger partial charge in [-0.1, -0.05) is 17.3 Å². The van der Waals surface area contributed by atoms with Crippen molar-refractivity contribution in [2.75, 3.05) is 5.32 Å². The molecular formula is C23H24N2O3. The molecular weight excluding hydrogens is 352 g/mol. The van der Waals surface area contributed by atoms with Crippen LogP contribution in [0.15, 0.2) is 47.0 Å². The maximum Gasteiger partial charge on any atom is 0.255 e.